The summed E-state index contributed by atoms with van der Waals surface area (Å²) < 4.78 is 11.4. The summed E-state index contributed by atoms with van der Waals surface area (Å²) in [5.74, 6) is 0.552. The first-order valence-corrected chi connectivity index (χ1v) is 8.70. The third-order valence-electron chi connectivity index (χ3n) is 3.73. The minimum absolute atomic E-state index is 0.00296. The van der Waals surface area contributed by atoms with E-state index in [0.717, 1.165) is 15.6 Å². The fourth-order valence-corrected chi connectivity index (χ4v) is 2.76. The van der Waals surface area contributed by atoms with Gasteiger partial charge in [-0.15, -0.1) is 0 Å². The van der Waals surface area contributed by atoms with E-state index in [0.29, 0.717) is 17.1 Å². The highest BCUT2D eigenvalue weighted by atomic mass is 79.9. The Labute approximate surface area is 163 Å². The van der Waals surface area contributed by atoms with Gasteiger partial charge in [0.25, 0.3) is 5.91 Å². The fourth-order valence-electron chi connectivity index (χ4n) is 2.34. The molecule has 7 nitrogen and oxygen atoms in total. The lowest BCUT2D eigenvalue weighted by molar-refractivity contribution is -0.124. The van der Waals surface area contributed by atoms with Crippen molar-refractivity contribution >= 4 is 39.9 Å². The lowest BCUT2D eigenvalue weighted by Crippen LogP contribution is -2.14. The predicted octanol–water partition coefficient (Wildman–Crippen LogP) is 3.00. The lowest BCUT2D eigenvalue weighted by Gasteiger charge is -2.02. The van der Waals surface area contributed by atoms with Crippen LogP contribution in [-0.2, 0) is 4.79 Å². The van der Waals surface area contributed by atoms with E-state index < -0.39 is 5.91 Å². The number of carbonyl (C=O) groups is 2. The summed E-state index contributed by atoms with van der Waals surface area (Å²) in [4.78, 5) is 27.4. The van der Waals surface area contributed by atoms with Crippen molar-refractivity contribution < 1.29 is 24.3 Å². The van der Waals surface area contributed by atoms with Gasteiger partial charge in [-0.25, -0.2) is 5.48 Å². The van der Waals surface area contributed by atoms with E-state index in [1.165, 1.54) is 17.6 Å². The number of hydrogen-bond donors (Lipinski definition) is 2. The monoisotopic (exact) mass is 430 g/mol. The van der Waals surface area contributed by atoms with Crippen LogP contribution in [-0.4, -0.2) is 36.4 Å². The number of rotatable bonds is 6. The lowest BCUT2D eigenvalue weighted by atomic mass is 10.1. The van der Waals surface area contributed by atoms with Gasteiger partial charge in [-0.1, -0.05) is 24.3 Å². The van der Waals surface area contributed by atoms with Crippen molar-refractivity contribution in [2.75, 3.05) is 13.3 Å². The molecule has 0 unspecified atom stereocenters. The maximum atomic E-state index is 12.2. The molecule has 0 aromatic heterocycles. The van der Waals surface area contributed by atoms with Crippen molar-refractivity contribution in [3.8, 4) is 11.5 Å². The molecule has 1 heterocycles. The molecule has 0 bridgehead atoms. The minimum atomic E-state index is -0.626. The second-order valence-corrected chi connectivity index (χ2v) is 6.41. The van der Waals surface area contributed by atoms with Gasteiger partial charge in [0.1, 0.15) is 6.54 Å². The Morgan fingerprint density at radius 1 is 1.19 bits per heavy atom. The smallest absolute Gasteiger partial charge is 0.267 e. The Morgan fingerprint density at radius 3 is 2.59 bits per heavy atom. The maximum Gasteiger partial charge on any atom is 0.267 e. The average molecular weight is 431 g/mol. The quantitative estimate of drug-likeness (QED) is 0.241. The average Bonchev–Trinajstić information content (AvgIpc) is 3.13. The molecule has 2 aromatic rings. The summed E-state index contributed by atoms with van der Waals surface area (Å²) in [6, 6.07) is 10.3. The molecule has 1 aliphatic rings. The van der Waals surface area contributed by atoms with Crippen molar-refractivity contribution in [3.05, 3.63) is 63.6 Å². The van der Waals surface area contributed by atoms with Gasteiger partial charge in [-0.2, -0.15) is 0 Å². The van der Waals surface area contributed by atoms with E-state index in [9.17, 15) is 9.59 Å². The molecule has 0 saturated carbocycles. The fraction of sp³-hybridized carbons (Fsp3) is 0.105. The third-order valence-corrected chi connectivity index (χ3v) is 4.41. The summed E-state index contributed by atoms with van der Waals surface area (Å²) in [6.07, 6.45) is 4.31. The Hall–Kier alpha value is -2.97. The van der Waals surface area contributed by atoms with Gasteiger partial charge >= 0.3 is 0 Å². The van der Waals surface area contributed by atoms with Crippen LogP contribution in [0.3, 0.4) is 0 Å². The molecule has 0 aliphatic carbocycles. The first kappa shape index (κ1) is 18.8. The van der Waals surface area contributed by atoms with Crippen LogP contribution in [0.2, 0.25) is 0 Å². The SMILES string of the molecule is O=C(/C=C/c1ccc(C(=O)CN=Cc2cc3c(cc2Br)OCO3)cc1)NO. The Bertz CT molecular complexity index is 922. The summed E-state index contributed by atoms with van der Waals surface area (Å²) in [7, 11) is 0. The number of fused-ring (bicyclic) bond motifs is 1. The molecule has 0 atom stereocenters. The van der Waals surface area contributed by atoms with Gasteiger partial charge in [0.15, 0.2) is 17.3 Å². The summed E-state index contributed by atoms with van der Waals surface area (Å²) in [5.41, 5.74) is 3.53. The van der Waals surface area contributed by atoms with Gasteiger partial charge in [0.2, 0.25) is 6.79 Å². The van der Waals surface area contributed by atoms with Crippen LogP contribution in [0, 0.1) is 0 Å². The first-order valence-electron chi connectivity index (χ1n) is 7.91. The number of ketones is 1. The molecule has 2 N–H and O–H groups in total. The molecule has 27 heavy (non-hydrogen) atoms. The van der Waals surface area contributed by atoms with Crippen molar-refractivity contribution in [2.24, 2.45) is 4.99 Å². The third kappa shape index (κ3) is 4.81. The number of aliphatic imine (C=N–C) groups is 1. The van der Waals surface area contributed by atoms with Gasteiger partial charge in [-0.05, 0) is 39.7 Å². The Kier molecular flexibility index (Phi) is 6.00. The molecule has 3 rings (SSSR count). The van der Waals surface area contributed by atoms with Crippen LogP contribution in [0.5, 0.6) is 11.5 Å². The molecule has 138 valence electrons. The molecule has 0 radical (unpaired) electrons. The number of nitrogens with one attached hydrogen (secondary N) is 1. The molecule has 0 saturated heterocycles. The van der Waals surface area contributed by atoms with Crippen LogP contribution < -0.4 is 15.0 Å². The standard InChI is InChI=1S/C19H15BrN2O5/c20-15-8-18-17(26-11-27-18)7-14(15)9-21-10-16(23)13-4-1-12(2-5-13)3-6-19(24)22-25/h1-9,25H,10-11H2,(H,22,24)/b6-3+,21-9?. The van der Waals surface area contributed by atoms with Crippen LogP contribution in [0.25, 0.3) is 6.08 Å². The van der Waals surface area contributed by atoms with E-state index in [-0.39, 0.29) is 19.1 Å². The van der Waals surface area contributed by atoms with E-state index in [1.807, 2.05) is 0 Å². The maximum absolute atomic E-state index is 12.2. The van der Waals surface area contributed by atoms with Gasteiger partial charge in [-0.3, -0.25) is 19.8 Å². The van der Waals surface area contributed by atoms with Gasteiger partial charge < -0.3 is 9.47 Å². The molecule has 1 amide bonds. The molecular formula is C19H15BrN2O5. The predicted molar refractivity (Wildman–Crippen MR) is 102 cm³/mol. The molecular weight excluding hydrogens is 416 g/mol. The number of Topliss-reactive ketones (excluding diaryl/α,β-unsaturated/α-hetero) is 1. The highest BCUT2D eigenvalue weighted by Gasteiger charge is 2.15. The second kappa shape index (κ2) is 8.61. The van der Waals surface area contributed by atoms with E-state index in [2.05, 4.69) is 20.9 Å². The number of halogens is 1. The summed E-state index contributed by atoms with van der Waals surface area (Å²) in [6.45, 7) is 0.194. The van der Waals surface area contributed by atoms with Crippen LogP contribution in [0.4, 0.5) is 0 Å². The number of hydrogen-bond acceptors (Lipinski definition) is 6. The normalized spacial score (nSPS) is 12.7. The molecule has 2 aromatic carbocycles. The second-order valence-electron chi connectivity index (χ2n) is 5.55. The summed E-state index contributed by atoms with van der Waals surface area (Å²) >= 11 is 3.44. The number of carbonyl (C=O) groups excluding carboxylic acids is 2. The zero-order chi connectivity index (χ0) is 19.2. The largest absolute Gasteiger partial charge is 0.454 e. The summed E-state index contributed by atoms with van der Waals surface area (Å²) in [5, 5.41) is 8.43. The zero-order valence-electron chi connectivity index (χ0n) is 14.0. The van der Waals surface area contributed by atoms with Crippen molar-refractivity contribution in [3.63, 3.8) is 0 Å². The number of amides is 1. The molecule has 0 fully saturated rings. The molecule has 1 aliphatic heterocycles. The van der Waals surface area contributed by atoms with E-state index in [1.54, 1.807) is 42.6 Å². The Morgan fingerprint density at radius 2 is 1.89 bits per heavy atom. The van der Waals surface area contributed by atoms with Crippen molar-refractivity contribution in [1.29, 1.82) is 0 Å². The highest BCUT2D eigenvalue weighted by Crippen LogP contribution is 2.36. The molecule has 8 heteroatoms. The highest BCUT2D eigenvalue weighted by molar-refractivity contribution is 9.10. The number of nitrogens with zero attached hydrogens (tertiary/aromatic N) is 1. The van der Waals surface area contributed by atoms with E-state index >= 15 is 0 Å². The minimum Gasteiger partial charge on any atom is -0.454 e. The number of hydroxylamine groups is 1. The Balaban J connectivity index is 1.61. The number of ether oxygens (including phenoxy) is 2. The van der Waals surface area contributed by atoms with Crippen LogP contribution in [0.1, 0.15) is 21.5 Å². The van der Waals surface area contributed by atoms with Gasteiger partial charge in [0.05, 0.1) is 0 Å². The topological polar surface area (TPSA) is 97.2 Å². The first-order chi connectivity index (χ1) is 13.1. The zero-order valence-corrected chi connectivity index (χ0v) is 15.6. The number of benzene rings is 2. The van der Waals surface area contributed by atoms with Crippen molar-refractivity contribution in [1.82, 2.24) is 5.48 Å². The van der Waals surface area contributed by atoms with Gasteiger partial charge in [0, 0.05) is 27.9 Å². The van der Waals surface area contributed by atoms with Crippen LogP contribution in [0.15, 0.2) is 51.9 Å². The molecule has 0 spiro atoms. The van der Waals surface area contributed by atoms with Crippen LogP contribution >= 0.6 is 15.9 Å². The van der Waals surface area contributed by atoms with Crippen molar-refractivity contribution in [2.45, 2.75) is 0 Å². The van der Waals surface area contributed by atoms with E-state index in [4.69, 9.17) is 14.7 Å².